The SMILES string of the molecule is CC(C)CCC[C@@H](C)[C@H]1CC[C@@]2(C)[C@@H]3CC[C@H]4C(C)(C)CC=C(O)[C@@]45C[C@@]35CC[C@]12C.COc1cc(/C=C/C(=O)O)ccc1O. The lowest BCUT2D eigenvalue weighted by molar-refractivity contribution is -0.134. The van der Waals surface area contributed by atoms with Gasteiger partial charge in [-0.2, -0.15) is 0 Å². The monoisotopic (exact) mass is 620 g/mol. The third-order valence-corrected chi connectivity index (χ3v) is 14.3. The zero-order valence-corrected chi connectivity index (χ0v) is 29.3. The first-order valence-electron chi connectivity index (χ1n) is 17.8. The van der Waals surface area contributed by atoms with Crippen LogP contribution >= 0.6 is 0 Å². The largest absolute Gasteiger partial charge is 0.512 e. The highest BCUT2D eigenvalue weighted by Gasteiger charge is 2.83. The van der Waals surface area contributed by atoms with Crippen molar-refractivity contribution in [1.82, 2.24) is 0 Å². The quantitative estimate of drug-likeness (QED) is 0.252. The van der Waals surface area contributed by atoms with Crippen molar-refractivity contribution >= 4 is 12.0 Å². The summed E-state index contributed by atoms with van der Waals surface area (Å²) in [5.74, 6) is 4.27. The van der Waals surface area contributed by atoms with E-state index in [0.29, 0.717) is 38.9 Å². The van der Waals surface area contributed by atoms with Gasteiger partial charge in [0.05, 0.1) is 12.9 Å². The fraction of sp³-hybridized carbons (Fsp3) is 0.725. The van der Waals surface area contributed by atoms with Gasteiger partial charge in [0, 0.05) is 11.5 Å². The van der Waals surface area contributed by atoms with Crippen molar-refractivity contribution in [3.05, 3.63) is 41.7 Å². The number of benzene rings is 1. The predicted octanol–water partition coefficient (Wildman–Crippen LogP) is 10.4. The number of rotatable bonds is 8. The summed E-state index contributed by atoms with van der Waals surface area (Å²) < 4.78 is 4.86. The molecule has 250 valence electrons. The summed E-state index contributed by atoms with van der Waals surface area (Å²) in [5, 5.41) is 28.9. The number of fused-ring (bicyclic) bond motifs is 2. The fourth-order valence-electron chi connectivity index (χ4n) is 11.8. The van der Waals surface area contributed by atoms with Gasteiger partial charge >= 0.3 is 5.97 Å². The van der Waals surface area contributed by atoms with Crippen molar-refractivity contribution in [3.8, 4) is 11.5 Å². The minimum absolute atomic E-state index is 0.0278. The normalized spacial score (nSPS) is 38.2. The Kier molecular flexibility index (Phi) is 9.03. The standard InChI is InChI=1S/C30H50O.C10H10O4/c1-20(2)9-8-10-21(3)22-13-16-28(7)24-12-11-23-26(4,5)15-14-25(31)30(23)19-29(24,30)18-17-27(22,28)6;1-14-9-6-7(2-4-8(9)11)3-5-10(12)13/h14,20-24,31H,8-13,15-19H2,1-7H3;2-6,11H,1H3,(H,12,13)/b;5-3+/t21-,22-,23+,24+,27-,28+,29+,30-;/m1./s1. The summed E-state index contributed by atoms with van der Waals surface area (Å²) >= 11 is 0. The topological polar surface area (TPSA) is 87.0 Å². The van der Waals surface area contributed by atoms with E-state index in [1.165, 1.54) is 83.5 Å². The molecule has 8 atom stereocenters. The van der Waals surface area contributed by atoms with Crippen LogP contribution in [0.2, 0.25) is 0 Å². The number of aromatic hydroxyl groups is 1. The molecule has 1 aromatic carbocycles. The van der Waals surface area contributed by atoms with E-state index in [1.54, 1.807) is 12.1 Å². The van der Waals surface area contributed by atoms with Gasteiger partial charge in [0.2, 0.25) is 0 Å². The van der Waals surface area contributed by atoms with Gasteiger partial charge in [0.25, 0.3) is 0 Å². The van der Waals surface area contributed by atoms with Gasteiger partial charge < -0.3 is 20.1 Å². The number of methoxy groups -OCH3 is 1. The number of aliphatic hydroxyl groups is 1. The van der Waals surface area contributed by atoms with E-state index < -0.39 is 5.97 Å². The van der Waals surface area contributed by atoms with Gasteiger partial charge in [-0.05, 0) is 132 Å². The first-order chi connectivity index (χ1) is 21.1. The minimum atomic E-state index is -1.02. The molecule has 5 heteroatoms. The number of carboxylic acids is 1. The van der Waals surface area contributed by atoms with Gasteiger partial charge in [0.15, 0.2) is 11.5 Å². The van der Waals surface area contributed by atoms with Gasteiger partial charge in [-0.25, -0.2) is 4.79 Å². The van der Waals surface area contributed by atoms with E-state index in [-0.39, 0.29) is 11.2 Å². The Labute approximate surface area is 272 Å². The first kappa shape index (κ1) is 33.9. The Balaban J connectivity index is 0.000000241. The maximum absolute atomic E-state index is 11.3. The van der Waals surface area contributed by atoms with Crippen LogP contribution in [0.15, 0.2) is 36.1 Å². The molecule has 5 aliphatic rings. The van der Waals surface area contributed by atoms with Gasteiger partial charge in [-0.15, -0.1) is 0 Å². The number of phenolic OH excluding ortho intramolecular Hbond substituents is 1. The van der Waals surface area contributed by atoms with Crippen LogP contribution in [0.4, 0.5) is 0 Å². The second-order valence-corrected chi connectivity index (χ2v) is 17.2. The van der Waals surface area contributed by atoms with Crippen LogP contribution in [-0.2, 0) is 4.79 Å². The van der Waals surface area contributed by atoms with E-state index in [4.69, 9.17) is 9.84 Å². The van der Waals surface area contributed by atoms with Crippen molar-refractivity contribution in [2.45, 2.75) is 119 Å². The Hall–Kier alpha value is -2.43. The summed E-state index contributed by atoms with van der Waals surface area (Å²) in [5.41, 5.74) is 2.54. The number of aliphatic carboxylic acids is 1. The first-order valence-corrected chi connectivity index (χ1v) is 17.8. The average Bonchev–Trinajstić information content (AvgIpc) is 3.59. The number of ether oxygens (including phenoxy) is 1. The Morgan fingerprint density at radius 1 is 0.978 bits per heavy atom. The van der Waals surface area contributed by atoms with Crippen LogP contribution < -0.4 is 4.74 Å². The van der Waals surface area contributed by atoms with E-state index >= 15 is 0 Å². The molecule has 0 amide bonds. The lowest BCUT2D eigenvalue weighted by Crippen LogP contribution is -2.56. The third kappa shape index (κ3) is 5.42. The lowest BCUT2D eigenvalue weighted by Gasteiger charge is -2.62. The second-order valence-electron chi connectivity index (χ2n) is 17.2. The maximum atomic E-state index is 11.3. The number of aliphatic hydroxyl groups excluding tert-OH is 1. The summed E-state index contributed by atoms with van der Waals surface area (Å²) in [6.45, 7) is 17.7. The van der Waals surface area contributed by atoms with E-state index in [2.05, 4.69) is 54.5 Å². The number of phenols is 1. The van der Waals surface area contributed by atoms with Gasteiger partial charge in [-0.1, -0.05) is 73.8 Å². The van der Waals surface area contributed by atoms with Crippen molar-refractivity contribution in [1.29, 1.82) is 0 Å². The molecule has 0 saturated heterocycles. The number of allylic oxidation sites excluding steroid dienone is 2. The van der Waals surface area contributed by atoms with Crippen LogP contribution in [0, 0.1) is 56.7 Å². The van der Waals surface area contributed by atoms with Gasteiger partial charge in [0.1, 0.15) is 0 Å². The molecule has 2 spiro atoms. The Morgan fingerprint density at radius 3 is 2.36 bits per heavy atom. The summed E-state index contributed by atoms with van der Waals surface area (Å²) in [4.78, 5) is 10.2. The highest BCUT2D eigenvalue weighted by atomic mass is 16.5. The predicted molar refractivity (Wildman–Crippen MR) is 182 cm³/mol. The number of carbonyl (C=O) groups is 1. The Bertz CT molecular complexity index is 1330. The zero-order valence-electron chi connectivity index (χ0n) is 29.3. The van der Waals surface area contributed by atoms with Crippen molar-refractivity contribution in [3.63, 3.8) is 0 Å². The Morgan fingerprint density at radius 2 is 1.69 bits per heavy atom. The molecule has 0 aliphatic heterocycles. The van der Waals surface area contributed by atoms with E-state index in [9.17, 15) is 15.0 Å². The van der Waals surface area contributed by atoms with Crippen molar-refractivity contribution < 1.29 is 24.9 Å². The van der Waals surface area contributed by atoms with Crippen LogP contribution in [0.25, 0.3) is 6.08 Å². The molecule has 0 bridgehead atoms. The van der Waals surface area contributed by atoms with Crippen LogP contribution in [0.1, 0.15) is 125 Å². The number of carboxylic acid groups (broad SMARTS) is 1. The summed E-state index contributed by atoms with van der Waals surface area (Å²) in [7, 11) is 1.43. The number of hydrogen-bond donors (Lipinski definition) is 3. The van der Waals surface area contributed by atoms with E-state index in [0.717, 1.165) is 41.9 Å². The molecular weight excluding hydrogens is 560 g/mol. The number of hydrogen-bond acceptors (Lipinski definition) is 4. The summed E-state index contributed by atoms with van der Waals surface area (Å²) in [6.07, 6.45) is 19.7. The lowest BCUT2D eigenvalue weighted by atomic mass is 9.42. The third-order valence-electron chi connectivity index (χ3n) is 14.3. The van der Waals surface area contributed by atoms with Crippen LogP contribution in [0.5, 0.6) is 11.5 Å². The molecule has 1 aromatic rings. The molecule has 4 fully saturated rings. The summed E-state index contributed by atoms with van der Waals surface area (Å²) in [6, 6.07) is 4.59. The zero-order chi connectivity index (χ0) is 33.0. The molecule has 0 radical (unpaired) electrons. The van der Waals surface area contributed by atoms with Gasteiger partial charge in [-0.3, -0.25) is 0 Å². The molecule has 45 heavy (non-hydrogen) atoms. The van der Waals surface area contributed by atoms with Crippen molar-refractivity contribution in [2.75, 3.05) is 7.11 Å². The molecule has 0 heterocycles. The van der Waals surface area contributed by atoms with E-state index in [1.807, 2.05) is 0 Å². The van der Waals surface area contributed by atoms with Crippen LogP contribution in [-0.4, -0.2) is 28.4 Å². The molecule has 6 rings (SSSR count). The maximum Gasteiger partial charge on any atom is 0.328 e. The molecule has 4 saturated carbocycles. The van der Waals surface area contributed by atoms with Crippen molar-refractivity contribution in [2.24, 2.45) is 56.7 Å². The molecule has 5 aliphatic carbocycles. The molecule has 3 N–H and O–H groups in total. The molecule has 5 nitrogen and oxygen atoms in total. The molecule has 0 aromatic heterocycles. The highest BCUT2D eigenvalue weighted by Crippen LogP contribution is 2.89. The second kappa shape index (κ2) is 12.0. The fourth-order valence-corrected chi connectivity index (χ4v) is 11.8. The average molecular weight is 621 g/mol. The van der Waals surface area contributed by atoms with Crippen LogP contribution in [0.3, 0.4) is 0 Å². The minimum Gasteiger partial charge on any atom is -0.512 e. The molecule has 0 unspecified atom stereocenters. The molecular formula is C40H60O5. The smallest absolute Gasteiger partial charge is 0.328 e. The highest BCUT2D eigenvalue weighted by molar-refractivity contribution is 5.85.